The SMILES string of the molecule is CCOC(=O)Cn1c(=O)c2c3c(sc2n(CCN(C)C)c1=O)CCC3. The van der Waals surface area contributed by atoms with Crippen molar-refractivity contribution in [2.24, 2.45) is 0 Å². The molecule has 0 atom stereocenters. The molecule has 2 heterocycles. The van der Waals surface area contributed by atoms with Gasteiger partial charge in [-0.15, -0.1) is 11.3 Å². The van der Waals surface area contributed by atoms with Gasteiger partial charge in [-0.05, 0) is 45.8 Å². The fourth-order valence-electron chi connectivity index (χ4n) is 3.23. The minimum Gasteiger partial charge on any atom is -0.465 e. The van der Waals surface area contributed by atoms with Crippen molar-refractivity contribution in [3.63, 3.8) is 0 Å². The molecule has 2 aromatic rings. The van der Waals surface area contributed by atoms with Crippen LogP contribution in [0, 0.1) is 0 Å². The number of aryl methyl sites for hydroxylation is 2. The van der Waals surface area contributed by atoms with Crippen molar-refractivity contribution in [1.29, 1.82) is 0 Å². The first-order valence-corrected chi connectivity index (χ1v) is 9.34. The van der Waals surface area contributed by atoms with Gasteiger partial charge in [-0.25, -0.2) is 9.36 Å². The van der Waals surface area contributed by atoms with Gasteiger partial charge in [0.2, 0.25) is 0 Å². The van der Waals surface area contributed by atoms with E-state index in [1.165, 1.54) is 4.88 Å². The maximum absolute atomic E-state index is 12.9. The maximum atomic E-state index is 12.9. The molecular formula is C17H23N3O4S. The van der Waals surface area contributed by atoms with Crippen LogP contribution in [-0.2, 0) is 35.5 Å². The highest BCUT2D eigenvalue weighted by Crippen LogP contribution is 2.35. The fourth-order valence-corrected chi connectivity index (χ4v) is 4.63. The summed E-state index contributed by atoms with van der Waals surface area (Å²) in [6.07, 6.45) is 2.84. The second kappa shape index (κ2) is 7.13. The lowest BCUT2D eigenvalue weighted by Crippen LogP contribution is -2.42. The van der Waals surface area contributed by atoms with E-state index in [1.807, 2.05) is 19.0 Å². The van der Waals surface area contributed by atoms with Gasteiger partial charge >= 0.3 is 11.7 Å². The summed E-state index contributed by atoms with van der Waals surface area (Å²) in [5.74, 6) is -0.563. The van der Waals surface area contributed by atoms with Crippen molar-refractivity contribution < 1.29 is 9.53 Å². The van der Waals surface area contributed by atoms with Crippen LogP contribution < -0.4 is 11.2 Å². The number of carbonyl (C=O) groups is 1. The Hall–Kier alpha value is -1.93. The first kappa shape index (κ1) is 17.9. The lowest BCUT2D eigenvalue weighted by Gasteiger charge is -2.14. The van der Waals surface area contributed by atoms with Crippen molar-refractivity contribution in [2.45, 2.75) is 39.3 Å². The third kappa shape index (κ3) is 3.28. The maximum Gasteiger partial charge on any atom is 0.332 e. The molecule has 0 fully saturated rings. The van der Waals surface area contributed by atoms with Crippen LogP contribution in [0.25, 0.3) is 10.2 Å². The summed E-state index contributed by atoms with van der Waals surface area (Å²) in [4.78, 5) is 41.6. The summed E-state index contributed by atoms with van der Waals surface area (Å²) in [5.41, 5.74) is 0.252. The zero-order chi connectivity index (χ0) is 18.1. The topological polar surface area (TPSA) is 73.5 Å². The van der Waals surface area contributed by atoms with Gasteiger partial charge in [0.25, 0.3) is 5.56 Å². The van der Waals surface area contributed by atoms with Gasteiger partial charge in [0.15, 0.2) is 0 Å². The van der Waals surface area contributed by atoms with E-state index >= 15 is 0 Å². The summed E-state index contributed by atoms with van der Waals surface area (Å²) in [7, 11) is 3.87. The molecule has 1 aliphatic rings. The van der Waals surface area contributed by atoms with E-state index in [9.17, 15) is 14.4 Å². The summed E-state index contributed by atoms with van der Waals surface area (Å²) in [6.45, 7) is 2.73. The number of ether oxygens (including phenoxy) is 1. The Kier molecular flexibility index (Phi) is 5.10. The number of esters is 1. The molecule has 0 amide bonds. The molecule has 0 radical (unpaired) electrons. The molecule has 0 unspecified atom stereocenters. The zero-order valence-electron chi connectivity index (χ0n) is 14.8. The predicted molar refractivity (Wildman–Crippen MR) is 97.6 cm³/mol. The lowest BCUT2D eigenvalue weighted by atomic mass is 10.2. The van der Waals surface area contributed by atoms with Crippen molar-refractivity contribution in [2.75, 3.05) is 27.2 Å². The van der Waals surface area contributed by atoms with E-state index in [4.69, 9.17) is 4.74 Å². The molecule has 0 spiro atoms. The number of rotatable bonds is 6. The van der Waals surface area contributed by atoms with E-state index in [2.05, 4.69) is 0 Å². The number of nitrogens with zero attached hydrogens (tertiary/aromatic N) is 3. The monoisotopic (exact) mass is 365 g/mol. The molecule has 0 aliphatic heterocycles. The Bertz CT molecular complexity index is 923. The molecule has 0 saturated carbocycles. The Morgan fingerprint density at radius 2 is 2.00 bits per heavy atom. The molecule has 2 aromatic heterocycles. The van der Waals surface area contributed by atoms with Gasteiger partial charge < -0.3 is 9.64 Å². The molecule has 25 heavy (non-hydrogen) atoms. The molecule has 7 nitrogen and oxygen atoms in total. The number of hydrogen-bond acceptors (Lipinski definition) is 6. The van der Waals surface area contributed by atoms with Crippen LogP contribution >= 0.6 is 11.3 Å². The fraction of sp³-hybridized carbons (Fsp3) is 0.588. The highest BCUT2D eigenvalue weighted by molar-refractivity contribution is 7.18. The summed E-state index contributed by atoms with van der Waals surface area (Å²) in [5, 5.41) is 0.611. The number of carbonyl (C=O) groups excluding carboxylic acids is 1. The van der Waals surface area contributed by atoms with Gasteiger partial charge in [0, 0.05) is 18.0 Å². The van der Waals surface area contributed by atoms with Crippen molar-refractivity contribution >= 4 is 27.5 Å². The van der Waals surface area contributed by atoms with Gasteiger partial charge in [0.05, 0.1) is 12.0 Å². The van der Waals surface area contributed by atoms with Crippen LogP contribution in [0.4, 0.5) is 0 Å². The highest BCUT2D eigenvalue weighted by atomic mass is 32.1. The Morgan fingerprint density at radius 1 is 1.24 bits per heavy atom. The average molecular weight is 365 g/mol. The van der Waals surface area contributed by atoms with E-state index in [-0.39, 0.29) is 18.7 Å². The smallest absolute Gasteiger partial charge is 0.332 e. The lowest BCUT2D eigenvalue weighted by molar-refractivity contribution is -0.143. The van der Waals surface area contributed by atoms with Crippen LogP contribution in [-0.4, -0.2) is 47.3 Å². The van der Waals surface area contributed by atoms with Crippen molar-refractivity contribution in [3.8, 4) is 0 Å². The third-order valence-electron chi connectivity index (χ3n) is 4.43. The second-order valence-electron chi connectivity index (χ2n) is 6.47. The Morgan fingerprint density at radius 3 is 2.68 bits per heavy atom. The quantitative estimate of drug-likeness (QED) is 0.709. The van der Waals surface area contributed by atoms with Crippen LogP contribution in [0.1, 0.15) is 23.8 Å². The van der Waals surface area contributed by atoms with E-state index in [0.29, 0.717) is 18.5 Å². The first-order chi connectivity index (χ1) is 11.9. The van der Waals surface area contributed by atoms with Gasteiger partial charge in [-0.3, -0.25) is 14.2 Å². The number of hydrogen-bond donors (Lipinski definition) is 0. The van der Waals surface area contributed by atoms with Crippen molar-refractivity contribution in [1.82, 2.24) is 14.0 Å². The Labute approximate surface area is 149 Å². The molecule has 0 aromatic carbocycles. The number of thiophene rings is 1. The molecule has 1 aliphatic carbocycles. The van der Waals surface area contributed by atoms with Gasteiger partial charge in [-0.2, -0.15) is 0 Å². The molecule has 8 heteroatoms. The number of aromatic nitrogens is 2. The zero-order valence-corrected chi connectivity index (χ0v) is 15.6. The summed E-state index contributed by atoms with van der Waals surface area (Å²) >= 11 is 1.55. The molecule has 136 valence electrons. The van der Waals surface area contributed by atoms with Crippen molar-refractivity contribution in [3.05, 3.63) is 31.3 Å². The van der Waals surface area contributed by atoms with Gasteiger partial charge in [-0.1, -0.05) is 0 Å². The predicted octanol–water partition coefficient (Wildman–Crippen LogP) is 0.838. The van der Waals surface area contributed by atoms with E-state index in [1.54, 1.807) is 22.8 Å². The molecule has 0 bridgehead atoms. The number of fused-ring (bicyclic) bond motifs is 3. The standard InChI is InChI=1S/C17H23N3O4S/c1-4-24-13(21)10-20-15(22)14-11-6-5-7-12(11)25-16(14)19(17(20)23)9-8-18(2)3/h4-10H2,1-3H3. The second-order valence-corrected chi connectivity index (χ2v) is 7.55. The van der Waals surface area contributed by atoms with E-state index in [0.717, 1.165) is 34.2 Å². The largest absolute Gasteiger partial charge is 0.465 e. The molecule has 0 saturated heterocycles. The normalized spacial score (nSPS) is 13.6. The van der Waals surface area contributed by atoms with Crippen LogP contribution in [0.5, 0.6) is 0 Å². The van der Waals surface area contributed by atoms with Crippen LogP contribution in [0.3, 0.4) is 0 Å². The molecule has 3 rings (SSSR count). The molecular weight excluding hydrogens is 342 g/mol. The summed E-state index contributed by atoms with van der Waals surface area (Å²) in [6, 6.07) is 0. The average Bonchev–Trinajstić information content (AvgIpc) is 3.12. The first-order valence-electron chi connectivity index (χ1n) is 8.52. The highest BCUT2D eigenvalue weighted by Gasteiger charge is 2.25. The minimum atomic E-state index is -0.563. The Balaban J connectivity index is 2.19. The van der Waals surface area contributed by atoms with Crippen LogP contribution in [0.15, 0.2) is 9.59 Å². The number of likely N-dealkylation sites (N-methyl/N-ethyl adjacent to an activating group) is 1. The van der Waals surface area contributed by atoms with Crippen LogP contribution in [0.2, 0.25) is 0 Å². The van der Waals surface area contributed by atoms with Gasteiger partial charge in [0.1, 0.15) is 11.4 Å². The van der Waals surface area contributed by atoms with E-state index < -0.39 is 11.7 Å². The third-order valence-corrected chi connectivity index (χ3v) is 5.75. The minimum absolute atomic E-state index is 0.221. The molecule has 0 N–H and O–H groups in total. The summed E-state index contributed by atoms with van der Waals surface area (Å²) < 4.78 is 7.59.